The maximum Gasteiger partial charge on any atom is 0.193 e. The van der Waals surface area contributed by atoms with Crippen LogP contribution in [0.1, 0.15) is 44.3 Å². The van der Waals surface area contributed by atoms with Crippen LogP contribution in [0.25, 0.3) is 0 Å². The van der Waals surface area contributed by atoms with Crippen molar-refractivity contribution in [1.82, 2.24) is 15.2 Å². The van der Waals surface area contributed by atoms with Crippen molar-refractivity contribution in [2.75, 3.05) is 20.1 Å². The van der Waals surface area contributed by atoms with Crippen LogP contribution in [0.4, 0.5) is 0 Å². The molecule has 4 nitrogen and oxygen atoms in total. The van der Waals surface area contributed by atoms with Gasteiger partial charge in [0.05, 0.1) is 12.2 Å². The Labute approximate surface area is 143 Å². The van der Waals surface area contributed by atoms with Gasteiger partial charge in [0, 0.05) is 30.9 Å². The van der Waals surface area contributed by atoms with E-state index >= 15 is 0 Å². The minimum atomic E-state index is 0. The maximum atomic E-state index is 4.70. The Kier molecular flexibility index (Phi) is 6.71. The van der Waals surface area contributed by atoms with Gasteiger partial charge in [-0.15, -0.1) is 35.3 Å². The summed E-state index contributed by atoms with van der Waals surface area (Å²) >= 11 is 1.72. The Morgan fingerprint density at radius 2 is 2.05 bits per heavy atom. The van der Waals surface area contributed by atoms with Crippen LogP contribution in [0, 0.1) is 0 Å². The first-order valence-electron chi connectivity index (χ1n) is 6.91. The number of aromatic nitrogens is 1. The standard InChI is InChI=1S/C14H24N4S.HI/c1-14(2,3)11-10-19-12(17-11)9-16-13(15-4)18-7-5-6-8-18;/h10H,5-9H2,1-4H3,(H,15,16);1H. The molecular weight excluding hydrogens is 383 g/mol. The fourth-order valence-electron chi connectivity index (χ4n) is 2.15. The molecule has 0 unspecified atom stereocenters. The number of halogens is 1. The van der Waals surface area contributed by atoms with Crippen LogP contribution >= 0.6 is 35.3 Å². The van der Waals surface area contributed by atoms with E-state index in [0.717, 1.165) is 30.6 Å². The highest BCUT2D eigenvalue weighted by molar-refractivity contribution is 14.0. The fraction of sp³-hybridized carbons (Fsp3) is 0.714. The SMILES string of the molecule is CN=C(NCc1nc(C(C)(C)C)cs1)N1CCCC1.I. The molecule has 0 bridgehead atoms. The lowest BCUT2D eigenvalue weighted by Gasteiger charge is -2.20. The van der Waals surface area contributed by atoms with Crippen LogP contribution in [0.3, 0.4) is 0 Å². The van der Waals surface area contributed by atoms with E-state index in [-0.39, 0.29) is 29.4 Å². The van der Waals surface area contributed by atoms with Gasteiger partial charge in [-0.1, -0.05) is 20.8 Å². The smallest absolute Gasteiger partial charge is 0.193 e. The quantitative estimate of drug-likeness (QED) is 0.464. The van der Waals surface area contributed by atoms with Crippen LogP contribution in [0.2, 0.25) is 0 Å². The number of nitrogens with one attached hydrogen (secondary N) is 1. The minimum absolute atomic E-state index is 0. The molecule has 1 aliphatic heterocycles. The third kappa shape index (κ3) is 4.58. The van der Waals surface area contributed by atoms with Gasteiger partial charge in [0.25, 0.3) is 0 Å². The molecule has 0 amide bonds. The Hall–Kier alpha value is -0.370. The Morgan fingerprint density at radius 1 is 1.40 bits per heavy atom. The van der Waals surface area contributed by atoms with E-state index in [1.54, 1.807) is 11.3 Å². The van der Waals surface area contributed by atoms with Crippen molar-refractivity contribution in [3.05, 3.63) is 16.1 Å². The molecule has 0 radical (unpaired) electrons. The van der Waals surface area contributed by atoms with Crippen molar-refractivity contribution >= 4 is 41.3 Å². The molecule has 1 aromatic rings. The van der Waals surface area contributed by atoms with Crippen LogP contribution in [0.15, 0.2) is 10.4 Å². The second-order valence-electron chi connectivity index (χ2n) is 5.97. The van der Waals surface area contributed by atoms with Crippen LogP contribution < -0.4 is 5.32 Å². The predicted molar refractivity (Wildman–Crippen MR) is 97.2 cm³/mol. The first-order valence-corrected chi connectivity index (χ1v) is 7.79. The lowest BCUT2D eigenvalue weighted by molar-refractivity contribution is 0.493. The van der Waals surface area contributed by atoms with Gasteiger partial charge in [-0.05, 0) is 12.8 Å². The minimum Gasteiger partial charge on any atom is -0.350 e. The van der Waals surface area contributed by atoms with Gasteiger partial charge in [0.15, 0.2) is 5.96 Å². The predicted octanol–water partition coefficient (Wildman–Crippen LogP) is 3.23. The molecule has 114 valence electrons. The Bertz CT molecular complexity index is 444. The van der Waals surface area contributed by atoms with Crippen molar-refractivity contribution < 1.29 is 0 Å². The third-order valence-electron chi connectivity index (χ3n) is 3.34. The molecule has 20 heavy (non-hydrogen) atoms. The molecule has 0 aromatic carbocycles. The lowest BCUT2D eigenvalue weighted by Crippen LogP contribution is -2.39. The molecule has 1 saturated heterocycles. The molecule has 1 fully saturated rings. The summed E-state index contributed by atoms with van der Waals surface area (Å²) in [6.45, 7) is 9.59. The molecular formula is C14H25IN4S. The molecule has 1 aromatic heterocycles. The zero-order chi connectivity index (χ0) is 13.9. The molecule has 0 aliphatic carbocycles. The van der Waals surface area contributed by atoms with Gasteiger partial charge in [0.1, 0.15) is 5.01 Å². The average Bonchev–Trinajstić information content (AvgIpc) is 2.99. The summed E-state index contributed by atoms with van der Waals surface area (Å²) < 4.78 is 0. The average molecular weight is 408 g/mol. The largest absolute Gasteiger partial charge is 0.350 e. The molecule has 1 aliphatic rings. The van der Waals surface area contributed by atoms with E-state index < -0.39 is 0 Å². The summed E-state index contributed by atoms with van der Waals surface area (Å²) in [6, 6.07) is 0. The Balaban J connectivity index is 0.00000200. The summed E-state index contributed by atoms with van der Waals surface area (Å²) in [7, 11) is 1.85. The summed E-state index contributed by atoms with van der Waals surface area (Å²) in [5, 5.41) is 6.71. The van der Waals surface area contributed by atoms with Crippen molar-refractivity contribution in [3.63, 3.8) is 0 Å². The monoisotopic (exact) mass is 408 g/mol. The van der Waals surface area contributed by atoms with Gasteiger partial charge in [-0.2, -0.15) is 0 Å². The van der Waals surface area contributed by atoms with Crippen molar-refractivity contribution in [2.24, 2.45) is 4.99 Å². The second-order valence-corrected chi connectivity index (χ2v) is 6.91. The van der Waals surface area contributed by atoms with Gasteiger partial charge >= 0.3 is 0 Å². The van der Waals surface area contributed by atoms with Crippen LogP contribution in [-0.2, 0) is 12.0 Å². The number of aliphatic imine (C=N–C) groups is 1. The van der Waals surface area contributed by atoms with Gasteiger partial charge in [-0.25, -0.2) is 4.98 Å². The lowest BCUT2D eigenvalue weighted by atomic mass is 9.93. The summed E-state index contributed by atoms with van der Waals surface area (Å²) in [6.07, 6.45) is 2.54. The van der Waals surface area contributed by atoms with E-state index in [1.807, 2.05) is 7.05 Å². The normalized spacial score (nSPS) is 16.2. The van der Waals surface area contributed by atoms with Crippen LogP contribution in [0.5, 0.6) is 0 Å². The number of likely N-dealkylation sites (tertiary alicyclic amines) is 1. The summed E-state index contributed by atoms with van der Waals surface area (Å²) in [4.78, 5) is 11.4. The molecule has 0 spiro atoms. The second kappa shape index (κ2) is 7.59. The van der Waals surface area contributed by atoms with E-state index in [4.69, 9.17) is 4.98 Å². The highest BCUT2D eigenvalue weighted by Gasteiger charge is 2.18. The number of nitrogens with zero attached hydrogens (tertiary/aromatic N) is 3. The van der Waals surface area contributed by atoms with Crippen LogP contribution in [-0.4, -0.2) is 36.0 Å². The molecule has 2 heterocycles. The number of thiazole rings is 1. The number of hydrogen-bond acceptors (Lipinski definition) is 3. The first-order chi connectivity index (χ1) is 9.00. The molecule has 1 N–H and O–H groups in total. The highest BCUT2D eigenvalue weighted by atomic mass is 127. The molecule has 0 atom stereocenters. The van der Waals surface area contributed by atoms with Crippen molar-refractivity contribution in [2.45, 2.75) is 45.6 Å². The number of guanidine groups is 1. The number of rotatable bonds is 2. The van der Waals surface area contributed by atoms with E-state index in [9.17, 15) is 0 Å². The zero-order valence-corrected chi connectivity index (χ0v) is 15.9. The fourth-order valence-corrected chi connectivity index (χ4v) is 3.11. The van der Waals surface area contributed by atoms with Crippen molar-refractivity contribution in [3.8, 4) is 0 Å². The van der Waals surface area contributed by atoms with E-state index in [0.29, 0.717) is 0 Å². The third-order valence-corrected chi connectivity index (χ3v) is 4.18. The molecule has 6 heteroatoms. The van der Waals surface area contributed by atoms with E-state index in [1.165, 1.54) is 18.5 Å². The maximum absolute atomic E-state index is 4.70. The van der Waals surface area contributed by atoms with Gasteiger partial charge in [0.2, 0.25) is 0 Å². The summed E-state index contributed by atoms with van der Waals surface area (Å²) in [5.41, 5.74) is 1.30. The topological polar surface area (TPSA) is 40.5 Å². The van der Waals surface area contributed by atoms with Gasteiger partial charge < -0.3 is 10.2 Å². The first kappa shape index (κ1) is 17.7. The highest BCUT2D eigenvalue weighted by Crippen LogP contribution is 2.23. The number of hydrogen-bond donors (Lipinski definition) is 1. The van der Waals surface area contributed by atoms with Gasteiger partial charge in [-0.3, -0.25) is 4.99 Å². The molecule has 0 saturated carbocycles. The summed E-state index contributed by atoms with van der Waals surface area (Å²) in [5.74, 6) is 1.00. The van der Waals surface area contributed by atoms with E-state index in [2.05, 4.69) is 41.4 Å². The zero-order valence-electron chi connectivity index (χ0n) is 12.8. The molecule has 2 rings (SSSR count). The van der Waals surface area contributed by atoms with Crippen molar-refractivity contribution in [1.29, 1.82) is 0 Å². The Morgan fingerprint density at radius 3 is 2.55 bits per heavy atom.